The minimum Gasteiger partial charge on any atom is -0.478 e. The summed E-state index contributed by atoms with van der Waals surface area (Å²) < 4.78 is 4.94. The van der Waals surface area contributed by atoms with E-state index in [1.165, 1.54) is 11.0 Å². The maximum absolute atomic E-state index is 11.9. The van der Waals surface area contributed by atoms with Crippen LogP contribution >= 0.6 is 0 Å². The van der Waals surface area contributed by atoms with E-state index in [0.717, 1.165) is 6.26 Å². The van der Waals surface area contributed by atoms with Gasteiger partial charge in [-0.05, 0) is 18.8 Å². The maximum Gasteiger partial charge on any atom is 0.338 e. The van der Waals surface area contributed by atoms with Crippen molar-refractivity contribution in [1.29, 1.82) is 0 Å². The lowest BCUT2D eigenvalue weighted by Crippen LogP contribution is -2.39. The van der Waals surface area contributed by atoms with Crippen LogP contribution in [0.4, 0.5) is 0 Å². The molecular weight excluding hydrogens is 238 g/mol. The van der Waals surface area contributed by atoms with Gasteiger partial charge in [0.2, 0.25) is 0 Å². The van der Waals surface area contributed by atoms with Crippen molar-refractivity contribution in [2.75, 3.05) is 13.6 Å². The van der Waals surface area contributed by atoms with E-state index in [1.54, 1.807) is 7.05 Å². The average molecular weight is 253 g/mol. The Bertz CT molecular complexity index is 461. The molecule has 0 spiro atoms. The molecule has 2 rings (SSSR count). The maximum atomic E-state index is 11.9. The zero-order chi connectivity index (χ0) is 13.3. The molecule has 1 aliphatic carbocycles. The zero-order valence-electron chi connectivity index (χ0n) is 10.00. The molecule has 1 saturated carbocycles. The molecule has 0 unspecified atom stereocenters. The number of aliphatic hydroxyl groups is 1. The average Bonchev–Trinajstić information content (AvgIpc) is 2.75. The predicted octanol–water partition coefficient (Wildman–Crippen LogP) is 0.821. The highest BCUT2D eigenvalue weighted by atomic mass is 16.4. The molecule has 1 aliphatic rings. The number of hydrogen-bond acceptors (Lipinski definition) is 4. The van der Waals surface area contributed by atoms with E-state index < -0.39 is 5.97 Å². The number of amides is 1. The lowest BCUT2D eigenvalue weighted by atomic mass is 9.82. The summed E-state index contributed by atoms with van der Waals surface area (Å²) in [5.41, 5.74) is -0.0363. The molecule has 1 heterocycles. The van der Waals surface area contributed by atoms with Gasteiger partial charge in [0.15, 0.2) is 5.76 Å². The van der Waals surface area contributed by atoms with Gasteiger partial charge in [0.1, 0.15) is 6.26 Å². The van der Waals surface area contributed by atoms with Crippen LogP contribution in [-0.2, 0) is 0 Å². The number of furan rings is 1. The number of aliphatic hydroxyl groups excluding tert-OH is 1. The summed E-state index contributed by atoms with van der Waals surface area (Å²) in [4.78, 5) is 24.1. The van der Waals surface area contributed by atoms with Crippen LogP contribution in [0.1, 0.15) is 33.8 Å². The first-order valence-corrected chi connectivity index (χ1v) is 5.72. The lowest BCUT2D eigenvalue weighted by Gasteiger charge is -2.34. The van der Waals surface area contributed by atoms with E-state index in [9.17, 15) is 9.59 Å². The smallest absolute Gasteiger partial charge is 0.338 e. The molecule has 1 fully saturated rings. The Hall–Kier alpha value is -1.82. The molecule has 0 aromatic carbocycles. The molecular formula is C12H15NO5. The highest BCUT2D eigenvalue weighted by Crippen LogP contribution is 2.28. The summed E-state index contributed by atoms with van der Waals surface area (Å²) in [5, 5.41) is 17.9. The summed E-state index contributed by atoms with van der Waals surface area (Å²) in [6.45, 7) is 0.541. The van der Waals surface area contributed by atoms with Crippen molar-refractivity contribution in [3.8, 4) is 0 Å². The number of rotatable bonds is 4. The van der Waals surface area contributed by atoms with Crippen molar-refractivity contribution in [3.63, 3.8) is 0 Å². The van der Waals surface area contributed by atoms with Crippen molar-refractivity contribution in [2.24, 2.45) is 5.92 Å². The molecule has 6 nitrogen and oxygen atoms in total. The van der Waals surface area contributed by atoms with E-state index in [1.807, 2.05) is 0 Å². The second-order valence-electron chi connectivity index (χ2n) is 4.68. The second kappa shape index (κ2) is 4.81. The quantitative estimate of drug-likeness (QED) is 0.829. The van der Waals surface area contributed by atoms with Gasteiger partial charge in [-0.25, -0.2) is 4.79 Å². The Morgan fingerprint density at radius 1 is 1.50 bits per heavy atom. The molecule has 6 heteroatoms. The molecule has 18 heavy (non-hydrogen) atoms. The molecule has 2 N–H and O–H groups in total. The van der Waals surface area contributed by atoms with E-state index in [0.29, 0.717) is 25.3 Å². The number of carboxylic acid groups (broad SMARTS) is 1. The normalized spacial score (nSPS) is 22.3. The third-order valence-electron chi connectivity index (χ3n) is 3.15. The van der Waals surface area contributed by atoms with Crippen LogP contribution in [-0.4, -0.2) is 46.7 Å². The summed E-state index contributed by atoms with van der Waals surface area (Å²) >= 11 is 0. The molecule has 0 radical (unpaired) electrons. The summed E-state index contributed by atoms with van der Waals surface area (Å²) in [6.07, 6.45) is 2.21. The summed E-state index contributed by atoms with van der Waals surface area (Å²) in [6, 6.07) is 1.22. The highest BCUT2D eigenvalue weighted by molar-refractivity contribution is 5.95. The minimum atomic E-state index is -1.12. The Balaban J connectivity index is 1.94. The van der Waals surface area contributed by atoms with Crippen LogP contribution in [0.2, 0.25) is 0 Å². The van der Waals surface area contributed by atoms with Gasteiger partial charge >= 0.3 is 5.97 Å². The number of hydrogen-bond donors (Lipinski definition) is 2. The fraction of sp³-hybridized carbons (Fsp3) is 0.500. The van der Waals surface area contributed by atoms with Crippen LogP contribution in [0.5, 0.6) is 0 Å². The standard InChI is InChI=1S/C12H15NO5/c1-13(5-7-2-9(14)3-7)11(15)10-4-8(6-18-10)12(16)17/h4,6-7,9,14H,2-3,5H2,1H3,(H,16,17). The molecule has 0 atom stereocenters. The summed E-state index contributed by atoms with van der Waals surface area (Å²) in [5.74, 6) is -1.14. The van der Waals surface area contributed by atoms with E-state index >= 15 is 0 Å². The first-order valence-electron chi connectivity index (χ1n) is 5.72. The van der Waals surface area contributed by atoms with Gasteiger partial charge in [-0.15, -0.1) is 0 Å². The molecule has 98 valence electrons. The third kappa shape index (κ3) is 2.53. The van der Waals surface area contributed by atoms with Crippen LogP contribution in [0, 0.1) is 5.92 Å². The predicted molar refractivity (Wildman–Crippen MR) is 61.4 cm³/mol. The van der Waals surface area contributed by atoms with Crippen LogP contribution in [0.15, 0.2) is 16.7 Å². The summed E-state index contributed by atoms with van der Waals surface area (Å²) in [7, 11) is 1.63. The highest BCUT2D eigenvalue weighted by Gasteiger charge is 2.30. The van der Waals surface area contributed by atoms with Gasteiger partial charge in [-0.2, -0.15) is 0 Å². The molecule has 1 aromatic rings. The largest absolute Gasteiger partial charge is 0.478 e. The fourth-order valence-electron chi connectivity index (χ4n) is 2.07. The number of carboxylic acids is 1. The molecule has 1 aromatic heterocycles. The molecule has 0 bridgehead atoms. The van der Waals surface area contributed by atoms with Gasteiger partial charge in [-0.3, -0.25) is 4.79 Å². The van der Waals surface area contributed by atoms with Crippen LogP contribution in [0.3, 0.4) is 0 Å². The number of nitrogens with zero attached hydrogens (tertiary/aromatic N) is 1. The van der Waals surface area contributed by atoms with E-state index in [4.69, 9.17) is 14.6 Å². The molecule has 0 aliphatic heterocycles. The van der Waals surface area contributed by atoms with Crippen molar-refractivity contribution >= 4 is 11.9 Å². The fourth-order valence-corrected chi connectivity index (χ4v) is 2.07. The van der Waals surface area contributed by atoms with Crippen LogP contribution < -0.4 is 0 Å². The van der Waals surface area contributed by atoms with Crippen molar-refractivity contribution in [2.45, 2.75) is 18.9 Å². The first kappa shape index (κ1) is 12.6. The zero-order valence-corrected chi connectivity index (χ0v) is 10.00. The van der Waals surface area contributed by atoms with Gasteiger partial charge in [0.25, 0.3) is 5.91 Å². The molecule has 1 amide bonds. The van der Waals surface area contributed by atoms with Crippen LogP contribution in [0.25, 0.3) is 0 Å². The Morgan fingerprint density at radius 2 is 2.17 bits per heavy atom. The Kier molecular flexibility index (Phi) is 3.38. The molecule has 0 saturated heterocycles. The Morgan fingerprint density at radius 3 is 2.67 bits per heavy atom. The SMILES string of the molecule is CN(CC1CC(O)C1)C(=O)c1cc(C(=O)O)co1. The first-order chi connectivity index (χ1) is 8.47. The van der Waals surface area contributed by atoms with Crippen molar-refractivity contribution in [3.05, 3.63) is 23.7 Å². The van der Waals surface area contributed by atoms with Crippen molar-refractivity contribution in [1.82, 2.24) is 4.90 Å². The van der Waals surface area contributed by atoms with Crippen molar-refractivity contribution < 1.29 is 24.2 Å². The number of carbonyl (C=O) groups is 2. The van der Waals surface area contributed by atoms with Gasteiger partial charge < -0.3 is 19.5 Å². The Labute approximate surface area is 104 Å². The number of aromatic carboxylic acids is 1. The van der Waals surface area contributed by atoms with Gasteiger partial charge in [0.05, 0.1) is 11.7 Å². The number of carbonyl (C=O) groups excluding carboxylic acids is 1. The van der Waals surface area contributed by atoms with E-state index in [-0.39, 0.29) is 23.3 Å². The monoisotopic (exact) mass is 253 g/mol. The van der Waals surface area contributed by atoms with Gasteiger partial charge in [-0.1, -0.05) is 0 Å². The lowest BCUT2D eigenvalue weighted by molar-refractivity contribution is 0.0258. The third-order valence-corrected chi connectivity index (χ3v) is 3.15. The topological polar surface area (TPSA) is 91.0 Å². The second-order valence-corrected chi connectivity index (χ2v) is 4.68. The minimum absolute atomic E-state index is 0.0229. The van der Waals surface area contributed by atoms with Gasteiger partial charge in [0, 0.05) is 19.7 Å². The van der Waals surface area contributed by atoms with E-state index in [2.05, 4.69) is 0 Å².